The first-order valence-corrected chi connectivity index (χ1v) is 8.67. The van der Waals surface area contributed by atoms with Crippen molar-refractivity contribution >= 4 is 23.1 Å². The molecule has 1 aliphatic rings. The summed E-state index contributed by atoms with van der Waals surface area (Å²) in [5.74, 6) is 1.87. The van der Waals surface area contributed by atoms with Gasteiger partial charge in [0.2, 0.25) is 0 Å². The van der Waals surface area contributed by atoms with Gasteiger partial charge in [0.15, 0.2) is 0 Å². The Morgan fingerprint density at radius 3 is 2.75 bits per heavy atom. The summed E-state index contributed by atoms with van der Waals surface area (Å²) < 4.78 is 0. The van der Waals surface area contributed by atoms with Gasteiger partial charge in [-0.25, -0.2) is 4.98 Å². The van der Waals surface area contributed by atoms with Gasteiger partial charge in [-0.15, -0.1) is 0 Å². The summed E-state index contributed by atoms with van der Waals surface area (Å²) in [5.41, 5.74) is 2.42. The molecule has 0 radical (unpaired) electrons. The number of nitrogens with zero attached hydrogens (tertiary/aromatic N) is 3. The summed E-state index contributed by atoms with van der Waals surface area (Å²) in [6.07, 6.45) is 4.37. The van der Waals surface area contributed by atoms with Crippen LogP contribution in [0.2, 0.25) is 5.02 Å². The first-order valence-electron chi connectivity index (χ1n) is 8.29. The van der Waals surface area contributed by atoms with Crippen LogP contribution in [-0.4, -0.2) is 18.1 Å². The van der Waals surface area contributed by atoms with E-state index in [1.807, 2.05) is 12.3 Å². The Bertz CT molecular complexity index is 728. The molecule has 0 amide bonds. The van der Waals surface area contributed by atoms with Gasteiger partial charge in [-0.05, 0) is 48.6 Å². The van der Waals surface area contributed by atoms with Crippen molar-refractivity contribution in [2.75, 3.05) is 23.3 Å². The zero-order valence-corrected chi connectivity index (χ0v) is 14.6. The van der Waals surface area contributed by atoms with Crippen LogP contribution < -0.4 is 10.2 Å². The van der Waals surface area contributed by atoms with Crippen LogP contribution in [0.3, 0.4) is 0 Å². The van der Waals surface area contributed by atoms with E-state index < -0.39 is 0 Å². The van der Waals surface area contributed by atoms with Crippen LogP contribution in [0.5, 0.6) is 0 Å². The molecule has 0 aliphatic carbocycles. The third-order valence-electron chi connectivity index (χ3n) is 4.50. The van der Waals surface area contributed by atoms with E-state index in [0.717, 1.165) is 36.1 Å². The summed E-state index contributed by atoms with van der Waals surface area (Å²) in [7, 11) is 0. The maximum atomic E-state index is 9.17. The van der Waals surface area contributed by atoms with Gasteiger partial charge in [0, 0.05) is 30.9 Å². The number of hydrogen-bond acceptors (Lipinski definition) is 4. The topological polar surface area (TPSA) is 52.0 Å². The summed E-state index contributed by atoms with van der Waals surface area (Å²) in [5, 5.41) is 13.0. The predicted molar refractivity (Wildman–Crippen MR) is 98.3 cm³/mol. The Balaban J connectivity index is 1.62. The molecule has 2 aromatic rings. The largest absolute Gasteiger partial charge is 0.380 e. The van der Waals surface area contributed by atoms with E-state index in [9.17, 15) is 5.26 Å². The smallest absolute Gasteiger partial charge is 0.128 e. The van der Waals surface area contributed by atoms with Crippen LogP contribution in [0.25, 0.3) is 0 Å². The van der Waals surface area contributed by atoms with Gasteiger partial charge in [-0.2, -0.15) is 5.26 Å². The number of rotatable bonds is 4. The molecule has 3 rings (SSSR count). The number of nitrogens with one attached hydrogen (secondary N) is 1. The number of aromatic nitrogens is 1. The molecule has 0 saturated carbocycles. The Hall–Kier alpha value is -2.25. The fourth-order valence-corrected chi connectivity index (χ4v) is 3.08. The number of pyridine rings is 1. The van der Waals surface area contributed by atoms with E-state index >= 15 is 0 Å². The minimum absolute atomic E-state index is 0.550. The minimum Gasteiger partial charge on any atom is -0.380 e. The first kappa shape index (κ1) is 16.6. The molecule has 0 spiro atoms. The summed E-state index contributed by atoms with van der Waals surface area (Å²) in [6, 6.07) is 11.6. The maximum Gasteiger partial charge on any atom is 0.128 e. The normalized spacial score (nSPS) is 15.1. The maximum absolute atomic E-state index is 9.17. The summed E-state index contributed by atoms with van der Waals surface area (Å²) >= 11 is 5.92. The molecular formula is C19H21ClN4. The molecular weight excluding hydrogens is 320 g/mol. The average molecular weight is 341 g/mol. The third kappa shape index (κ3) is 3.98. The second-order valence-corrected chi connectivity index (χ2v) is 6.79. The van der Waals surface area contributed by atoms with Crippen LogP contribution in [-0.2, 0) is 6.54 Å². The molecule has 1 aliphatic heterocycles. The van der Waals surface area contributed by atoms with E-state index in [2.05, 4.69) is 40.3 Å². The molecule has 1 saturated heterocycles. The van der Waals surface area contributed by atoms with E-state index in [1.165, 1.54) is 12.8 Å². The van der Waals surface area contributed by atoms with E-state index in [1.54, 1.807) is 12.1 Å². The predicted octanol–water partition coefficient (Wildman–Crippen LogP) is 4.46. The molecule has 1 aromatic heterocycles. The Morgan fingerprint density at radius 2 is 2.08 bits per heavy atom. The van der Waals surface area contributed by atoms with Gasteiger partial charge >= 0.3 is 0 Å². The Morgan fingerprint density at radius 1 is 1.29 bits per heavy atom. The molecule has 5 heteroatoms. The van der Waals surface area contributed by atoms with Crippen LogP contribution >= 0.6 is 11.6 Å². The Kier molecular flexibility index (Phi) is 5.22. The highest BCUT2D eigenvalue weighted by Gasteiger charge is 2.16. The fraction of sp³-hybridized carbons (Fsp3) is 0.368. The van der Waals surface area contributed by atoms with E-state index in [0.29, 0.717) is 17.1 Å². The number of hydrogen-bond donors (Lipinski definition) is 1. The van der Waals surface area contributed by atoms with Crippen molar-refractivity contribution in [1.82, 2.24) is 4.98 Å². The van der Waals surface area contributed by atoms with E-state index in [4.69, 9.17) is 11.6 Å². The molecule has 1 aromatic carbocycles. The van der Waals surface area contributed by atoms with Gasteiger partial charge < -0.3 is 10.2 Å². The minimum atomic E-state index is 0.550. The second kappa shape index (κ2) is 7.55. The van der Waals surface area contributed by atoms with Crippen LogP contribution in [0.15, 0.2) is 36.5 Å². The van der Waals surface area contributed by atoms with Crippen molar-refractivity contribution in [1.29, 1.82) is 5.26 Å². The highest BCUT2D eigenvalue weighted by molar-refractivity contribution is 6.30. The van der Waals surface area contributed by atoms with Crippen molar-refractivity contribution in [3.8, 4) is 6.07 Å². The molecule has 0 unspecified atom stereocenters. The molecule has 24 heavy (non-hydrogen) atoms. The summed E-state index contributed by atoms with van der Waals surface area (Å²) in [6.45, 7) is 5.11. The lowest BCUT2D eigenvalue weighted by Crippen LogP contribution is -2.33. The second-order valence-electron chi connectivity index (χ2n) is 6.35. The molecule has 4 nitrogen and oxygen atoms in total. The number of benzene rings is 1. The molecule has 0 bridgehead atoms. The lowest BCUT2D eigenvalue weighted by molar-refractivity contribution is 0.436. The van der Waals surface area contributed by atoms with Crippen LogP contribution in [0, 0.1) is 17.2 Å². The standard InChI is InChI=1S/C19H21ClN4/c1-14-6-8-24(9-7-14)19-5-2-15(13-23-19)12-22-18-4-3-17(20)10-16(18)11-21/h2-5,10,13-14,22H,6-9,12H2,1H3. The fourth-order valence-electron chi connectivity index (χ4n) is 2.91. The monoisotopic (exact) mass is 340 g/mol. The molecule has 1 fully saturated rings. The lowest BCUT2D eigenvalue weighted by atomic mass is 9.99. The highest BCUT2D eigenvalue weighted by atomic mass is 35.5. The van der Waals surface area contributed by atoms with Gasteiger partial charge in [0.1, 0.15) is 11.9 Å². The average Bonchev–Trinajstić information content (AvgIpc) is 2.62. The number of nitriles is 1. The van der Waals surface area contributed by atoms with Gasteiger partial charge in [0.25, 0.3) is 0 Å². The molecule has 0 atom stereocenters. The van der Waals surface area contributed by atoms with Crippen molar-refractivity contribution in [3.63, 3.8) is 0 Å². The first-order chi connectivity index (χ1) is 11.7. The van der Waals surface area contributed by atoms with Crippen LogP contribution in [0.1, 0.15) is 30.9 Å². The molecule has 124 valence electrons. The number of piperidine rings is 1. The van der Waals surface area contributed by atoms with Crippen molar-refractivity contribution < 1.29 is 0 Å². The van der Waals surface area contributed by atoms with Crippen LogP contribution in [0.4, 0.5) is 11.5 Å². The molecule has 2 heterocycles. The van der Waals surface area contributed by atoms with Crippen molar-refractivity contribution in [2.45, 2.75) is 26.3 Å². The SMILES string of the molecule is CC1CCN(c2ccc(CNc3ccc(Cl)cc3C#N)cn2)CC1. The quantitative estimate of drug-likeness (QED) is 0.893. The van der Waals surface area contributed by atoms with Gasteiger partial charge in [-0.1, -0.05) is 24.6 Å². The van der Waals surface area contributed by atoms with Crippen molar-refractivity contribution in [3.05, 3.63) is 52.7 Å². The highest BCUT2D eigenvalue weighted by Crippen LogP contribution is 2.22. The zero-order valence-electron chi connectivity index (χ0n) is 13.8. The third-order valence-corrected chi connectivity index (χ3v) is 4.74. The van der Waals surface area contributed by atoms with Crippen molar-refractivity contribution in [2.24, 2.45) is 5.92 Å². The number of anilines is 2. The zero-order chi connectivity index (χ0) is 16.9. The number of halogens is 1. The Labute approximate surface area is 148 Å². The summed E-state index contributed by atoms with van der Waals surface area (Å²) in [4.78, 5) is 6.95. The van der Waals surface area contributed by atoms with Gasteiger partial charge in [-0.3, -0.25) is 0 Å². The van der Waals surface area contributed by atoms with Gasteiger partial charge in [0.05, 0.1) is 11.3 Å². The van der Waals surface area contributed by atoms with E-state index in [-0.39, 0.29) is 0 Å². The molecule has 1 N–H and O–H groups in total. The lowest BCUT2D eigenvalue weighted by Gasteiger charge is -2.31.